The Hall–Kier alpha value is -1.62. The molecule has 0 aromatic heterocycles. The van der Waals surface area contributed by atoms with Gasteiger partial charge in [0.1, 0.15) is 8.07 Å². The maximum atomic E-state index is 4.53. The first kappa shape index (κ1) is 19.7. The standard InChI is InChI=1S/C22H32N2Si/c1-22(2,3)25(4,5)17-11-13-19-12-9-10-16-21(19)24-18-23-20-14-7-6-8-15-20/h9-10,12,16,20H,6-8,13-15H2,1-5H3. The molecule has 0 aliphatic heterocycles. The van der Waals surface area contributed by atoms with E-state index in [0.29, 0.717) is 11.1 Å². The predicted molar refractivity (Wildman–Crippen MR) is 112 cm³/mol. The Bertz CT molecular complexity index is 689. The highest BCUT2D eigenvalue weighted by molar-refractivity contribution is 6.87. The van der Waals surface area contributed by atoms with Crippen molar-refractivity contribution >= 4 is 19.8 Å². The molecule has 0 heterocycles. The molecule has 1 saturated carbocycles. The molecule has 25 heavy (non-hydrogen) atoms. The molecule has 134 valence electrons. The van der Waals surface area contributed by atoms with Crippen molar-refractivity contribution in [2.24, 2.45) is 9.98 Å². The molecule has 1 aliphatic rings. The van der Waals surface area contributed by atoms with E-state index in [1.807, 2.05) is 12.1 Å². The Morgan fingerprint density at radius 2 is 1.76 bits per heavy atom. The Balaban J connectivity index is 2.10. The van der Waals surface area contributed by atoms with Crippen LogP contribution in [0, 0.1) is 11.5 Å². The van der Waals surface area contributed by atoms with E-state index < -0.39 is 8.07 Å². The summed E-state index contributed by atoms with van der Waals surface area (Å²) >= 11 is 0. The fourth-order valence-electron chi connectivity index (χ4n) is 2.69. The van der Waals surface area contributed by atoms with Gasteiger partial charge in [0.15, 0.2) is 0 Å². The van der Waals surface area contributed by atoms with Crippen LogP contribution in [-0.4, -0.2) is 20.1 Å². The largest absolute Gasteiger partial charge is 0.222 e. The summed E-state index contributed by atoms with van der Waals surface area (Å²) in [5, 5.41) is 0.296. The number of nitrogens with zero attached hydrogens (tertiary/aromatic N) is 2. The molecule has 0 radical (unpaired) electrons. The second-order valence-corrected chi connectivity index (χ2v) is 13.6. The predicted octanol–water partition coefficient (Wildman–Crippen LogP) is 6.42. The third-order valence-corrected chi connectivity index (χ3v) is 10.1. The normalized spacial score (nSPS) is 15.7. The Morgan fingerprint density at radius 1 is 1.08 bits per heavy atom. The third-order valence-electron chi connectivity index (χ3n) is 5.53. The lowest BCUT2D eigenvalue weighted by Crippen LogP contribution is -2.35. The van der Waals surface area contributed by atoms with Gasteiger partial charge >= 0.3 is 0 Å². The van der Waals surface area contributed by atoms with Gasteiger partial charge in [-0.15, -0.1) is 11.5 Å². The molecule has 0 amide bonds. The molecule has 1 aliphatic carbocycles. The number of aliphatic imine (C=N–C) groups is 2. The molecule has 1 aromatic rings. The van der Waals surface area contributed by atoms with Gasteiger partial charge in [0.2, 0.25) is 0 Å². The van der Waals surface area contributed by atoms with Gasteiger partial charge in [-0.3, -0.25) is 0 Å². The van der Waals surface area contributed by atoms with Gasteiger partial charge in [-0.25, -0.2) is 4.99 Å². The van der Waals surface area contributed by atoms with Crippen LogP contribution in [-0.2, 0) is 6.42 Å². The van der Waals surface area contributed by atoms with Gasteiger partial charge in [-0.05, 0) is 29.5 Å². The zero-order chi connectivity index (χ0) is 18.3. The van der Waals surface area contributed by atoms with Crippen LogP contribution in [0.25, 0.3) is 0 Å². The fraction of sp³-hybridized carbons (Fsp3) is 0.591. The number of benzene rings is 1. The van der Waals surface area contributed by atoms with Gasteiger partial charge < -0.3 is 0 Å². The average Bonchev–Trinajstić information content (AvgIpc) is 2.56. The van der Waals surface area contributed by atoms with Gasteiger partial charge in [0.25, 0.3) is 0 Å². The van der Waals surface area contributed by atoms with Crippen LogP contribution in [0.5, 0.6) is 0 Å². The third kappa shape index (κ3) is 5.99. The van der Waals surface area contributed by atoms with E-state index in [0.717, 1.165) is 12.1 Å². The molecule has 3 heteroatoms. The van der Waals surface area contributed by atoms with E-state index in [2.05, 4.69) is 73.5 Å². The van der Waals surface area contributed by atoms with E-state index in [1.54, 1.807) is 0 Å². The van der Waals surface area contributed by atoms with Crippen molar-refractivity contribution in [1.82, 2.24) is 0 Å². The zero-order valence-electron chi connectivity index (χ0n) is 16.5. The van der Waals surface area contributed by atoms with E-state index in [-0.39, 0.29) is 0 Å². The van der Waals surface area contributed by atoms with Crippen LogP contribution in [0.2, 0.25) is 18.1 Å². The minimum atomic E-state index is -1.55. The number of hydrogen-bond donors (Lipinski definition) is 0. The molecule has 0 unspecified atom stereocenters. The molecule has 2 nitrogen and oxygen atoms in total. The van der Waals surface area contributed by atoms with Crippen molar-refractivity contribution in [2.45, 2.75) is 83.5 Å². The molecule has 1 aromatic carbocycles. The van der Waals surface area contributed by atoms with Gasteiger partial charge in [-0.2, -0.15) is 4.99 Å². The molecule has 0 saturated heterocycles. The van der Waals surface area contributed by atoms with Crippen molar-refractivity contribution < 1.29 is 0 Å². The summed E-state index contributed by atoms with van der Waals surface area (Å²) in [5.41, 5.74) is 5.70. The van der Waals surface area contributed by atoms with Crippen LogP contribution in [0.3, 0.4) is 0 Å². The summed E-state index contributed by atoms with van der Waals surface area (Å²) in [6.45, 7) is 11.6. The van der Waals surface area contributed by atoms with Crippen LogP contribution >= 0.6 is 0 Å². The lowest BCUT2D eigenvalue weighted by atomic mass is 9.96. The smallest absolute Gasteiger partial charge is 0.137 e. The highest BCUT2D eigenvalue weighted by Crippen LogP contribution is 2.35. The maximum absolute atomic E-state index is 4.53. The molecule has 0 spiro atoms. The summed E-state index contributed by atoms with van der Waals surface area (Å²) in [6.07, 6.45) is 7.03. The van der Waals surface area contributed by atoms with E-state index in [1.165, 1.54) is 37.7 Å². The summed E-state index contributed by atoms with van der Waals surface area (Å²) < 4.78 is 0. The van der Waals surface area contributed by atoms with Crippen molar-refractivity contribution in [3.05, 3.63) is 29.8 Å². The van der Waals surface area contributed by atoms with Crippen molar-refractivity contribution in [3.63, 3.8) is 0 Å². The topological polar surface area (TPSA) is 24.7 Å². The summed E-state index contributed by atoms with van der Waals surface area (Å²) in [7, 11) is -1.55. The molecule has 0 N–H and O–H groups in total. The highest BCUT2D eigenvalue weighted by atomic mass is 28.3. The summed E-state index contributed by atoms with van der Waals surface area (Å²) in [6, 6.07) is 11.6. The Morgan fingerprint density at radius 3 is 2.44 bits per heavy atom. The first-order valence-electron chi connectivity index (χ1n) is 9.53. The van der Waals surface area contributed by atoms with Crippen molar-refractivity contribution in [3.8, 4) is 11.5 Å². The van der Waals surface area contributed by atoms with Crippen LogP contribution in [0.1, 0.15) is 58.4 Å². The van der Waals surface area contributed by atoms with Gasteiger partial charge in [-0.1, -0.05) is 71.3 Å². The number of hydrogen-bond acceptors (Lipinski definition) is 2. The molecular formula is C22H32N2Si. The van der Waals surface area contributed by atoms with Crippen molar-refractivity contribution in [2.75, 3.05) is 0 Å². The fourth-order valence-corrected chi connectivity index (χ4v) is 3.60. The second-order valence-electron chi connectivity index (χ2n) is 8.62. The summed E-state index contributed by atoms with van der Waals surface area (Å²) in [4.78, 5) is 9.02. The molecule has 1 fully saturated rings. The SMILES string of the molecule is CC(C)(C)[Si](C)(C)C#CCc1ccccc1N=C=NC1CCCCC1. The first-order valence-corrected chi connectivity index (χ1v) is 12.5. The monoisotopic (exact) mass is 352 g/mol. The first-order chi connectivity index (χ1) is 11.8. The summed E-state index contributed by atoms with van der Waals surface area (Å²) in [5.74, 6) is 3.42. The molecule has 0 bridgehead atoms. The highest BCUT2D eigenvalue weighted by Gasteiger charge is 2.33. The maximum Gasteiger partial charge on any atom is 0.137 e. The molecule has 2 rings (SSSR count). The number of para-hydroxylation sites is 1. The lowest BCUT2D eigenvalue weighted by Gasteiger charge is -2.31. The van der Waals surface area contributed by atoms with Gasteiger partial charge in [0, 0.05) is 6.42 Å². The zero-order valence-corrected chi connectivity index (χ0v) is 17.5. The van der Waals surface area contributed by atoms with Gasteiger partial charge in [0.05, 0.1) is 17.7 Å². The minimum absolute atomic E-state index is 0.296. The lowest BCUT2D eigenvalue weighted by molar-refractivity contribution is 0.444. The van der Waals surface area contributed by atoms with E-state index in [4.69, 9.17) is 0 Å². The second kappa shape index (κ2) is 8.65. The van der Waals surface area contributed by atoms with Crippen molar-refractivity contribution in [1.29, 1.82) is 0 Å². The van der Waals surface area contributed by atoms with Crippen LogP contribution in [0.4, 0.5) is 5.69 Å². The Kier molecular flexibility index (Phi) is 6.82. The quantitative estimate of drug-likeness (QED) is 0.341. The van der Waals surface area contributed by atoms with E-state index >= 15 is 0 Å². The van der Waals surface area contributed by atoms with Crippen LogP contribution in [0.15, 0.2) is 34.3 Å². The molecule has 0 atom stereocenters. The van der Waals surface area contributed by atoms with Crippen LogP contribution < -0.4 is 0 Å². The number of rotatable bonds is 3. The van der Waals surface area contributed by atoms with E-state index in [9.17, 15) is 0 Å². The molecular weight excluding hydrogens is 320 g/mol. The minimum Gasteiger partial charge on any atom is -0.222 e. The average molecular weight is 353 g/mol. The Labute approximate surface area is 154 Å².